The topological polar surface area (TPSA) is 68.3 Å². The van der Waals surface area contributed by atoms with Gasteiger partial charge in [0.05, 0.1) is 11.5 Å². The molecule has 156 valence electrons. The molecule has 0 spiro atoms. The molecule has 29 heavy (non-hydrogen) atoms. The van der Waals surface area contributed by atoms with Crippen LogP contribution in [0.2, 0.25) is 0 Å². The van der Waals surface area contributed by atoms with Crippen molar-refractivity contribution in [2.45, 2.75) is 18.4 Å². The van der Waals surface area contributed by atoms with Gasteiger partial charge in [-0.25, -0.2) is 8.42 Å². The quantitative estimate of drug-likeness (QED) is 0.718. The van der Waals surface area contributed by atoms with Crippen LogP contribution in [0.1, 0.15) is 12.5 Å². The zero-order valence-corrected chi connectivity index (χ0v) is 17.4. The summed E-state index contributed by atoms with van der Waals surface area (Å²) in [6, 6.07) is 12.9. The smallest absolute Gasteiger partial charge is 0.243 e. The maximum absolute atomic E-state index is 13.0. The zero-order chi connectivity index (χ0) is 20.3. The van der Waals surface area contributed by atoms with Crippen LogP contribution < -0.4 is 14.2 Å². The summed E-state index contributed by atoms with van der Waals surface area (Å²) in [6.45, 7) is 6.64. The van der Waals surface area contributed by atoms with E-state index in [-0.39, 0.29) is 4.90 Å². The van der Waals surface area contributed by atoms with E-state index in [9.17, 15) is 8.42 Å². The first-order valence-electron chi connectivity index (χ1n) is 9.90. The number of rotatable bonds is 6. The standard InChI is InChI=1S/C21H26N2O5S/c1-2-26-18-5-3-17(4-6-18)16-22-9-11-23(12-10-22)29(24,25)19-7-8-20-21(15-19)28-14-13-27-20/h3-8,15H,2,9-14,16H2,1H3. The van der Waals surface area contributed by atoms with Crippen molar-refractivity contribution in [3.63, 3.8) is 0 Å². The first-order valence-corrected chi connectivity index (χ1v) is 11.3. The number of nitrogens with zero attached hydrogens (tertiary/aromatic N) is 2. The van der Waals surface area contributed by atoms with Crippen LogP contribution >= 0.6 is 0 Å². The third kappa shape index (κ3) is 4.49. The van der Waals surface area contributed by atoms with Gasteiger partial charge in [-0.05, 0) is 36.8 Å². The van der Waals surface area contributed by atoms with Gasteiger partial charge in [0.25, 0.3) is 0 Å². The van der Waals surface area contributed by atoms with E-state index in [0.29, 0.717) is 57.5 Å². The number of sulfonamides is 1. The molecular weight excluding hydrogens is 392 g/mol. The summed E-state index contributed by atoms with van der Waals surface area (Å²) in [5.74, 6) is 1.95. The highest BCUT2D eigenvalue weighted by molar-refractivity contribution is 7.89. The molecule has 0 bridgehead atoms. The van der Waals surface area contributed by atoms with Crippen LogP contribution in [0.4, 0.5) is 0 Å². The maximum Gasteiger partial charge on any atom is 0.243 e. The van der Waals surface area contributed by atoms with Crippen LogP contribution in [0, 0.1) is 0 Å². The van der Waals surface area contributed by atoms with Gasteiger partial charge in [-0.1, -0.05) is 12.1 Å². The summed E-state index contributed by atoms with van der Waals surface area (Å²) in [6.07, 6.45) is 0. The molecule has 1 fully saturated rings. The molecule has 8 heteroatoms. The van der Waals surface area contributed by atoms with E-state index in [4.69, 9.17) is 14.2 Å². The monoisotopic (exact) mass is 418 g/mol. The number of hydrogen-bond acceptors (Lipinski definition) is 6. The lowest BCUT2D eigenvalue weighted by molar-refractivity contribution is 0.170. The molecule has 7 nitrogen and oxygen atoms in total. The molecule has 4 rings (SSSR count). The molecule has 2 aliphatic rings. The Morgan fingerprint density at radius 1 is 0.931 bits per heavy atom. The fourth-order valence-electron chi connectivity index (χ4n) is 3.58. The molecular formula is C21H26N2O5S. The lowest BCUT2D eigenvalue weighted by atomic mass is 10.2. The summed E-state index contributed by atoms with van der Waals surface area (Å²) in [5, 5.41) is 0. The first kappa shape index (κ1) is 20.0. The van der Waals surface area contributed by atoms with Crippen molar-refractivity contribution in [3.8, 4) is 17.2 Å². The highest BCUT2D eigenvalue weighted by Gasteiger charge is 2.29. The van der Waals surface area contributed by atoms with E-state index in [2.05, 4.69) is 17.0 Å². The largest absolute Gasteiger partial charge is 0.494 e. The summed E-state index contributed by atoms with van der Waals surface area (Å²) in [5.41, 5.74) is 1.19. The normalized spacial score (nSPS) is 17.8. The van der Waals surface area contributed by atoms with Crippen molar-refractivity contribution in [1.82, 2.24) is 9.21 Å². The maximum atomic E-state index is 13.0. The number of benzene rings is 2. The SMILES string of the molecule is CCOc1ccc(CN2CCN(S(=O)(=O)c3ccc4c(c3)OCCO4)CC2)cc1. The molecule has 0 unspecified atom stereocenters. The Hall–Kier alpha value is -2.29. The summed E-state index contributed by atoms with van der Waals surface area (Å²) in [4.78, 5) is 2.52. The summed E-state index contributed by atoms with van der Waals surface area (Å²) >= 11 is 0. The predicted molar refractivity (Wildman–Crippen MR) is 109 cm³/mol. The fourth-order valence-corrected chi connectivity index (χ4v) is 5.02. The van der Waals surface area contributed by atoms with Gasteiger partial charge >= 0.3 is 0 Å². The van der Waals surface area contributed by atoms with Gasteiger partial charge in [-0.2, -0.15) is 4.31 Å². The second-order valence-electron chi connectivity index (χ2n) is 7.06. The molecule has 0 N–H and O–H groups in total. The molecule has 2 aliphatic heterocycles. The lowest BCUT2D eigenvalue weighted by Crippen LogP contribution is -2.48. The van der Waals surface area contributed by atoms with E-state index in [1.54, 1.807) is 22.5 Å². The van der Waals surface area contributed by atoms with Crippen LogP contribution in [0.5, 0.6) is 17.2 Å². The molecule has 0 aliphatic carbocycles. The lowest BCUT2D eigenvalue weighted by Gasteiger charge is -2.34. The van der Waals surface area contributed by atoms with Crippen LogP contribution in [-0.2, 0) is 16.6 Å². The Labute approximate surface area is 171 Å². The minimum Gasteiger partial charge on any atom is -0.494 e. The van der Waals surface area contributed by atoms with Crippen molar-refractivity contribution in [2.24, 2.45) is 0 Å². The van der Waals surface area contributed by atoms with Crippen molar-refractivity contribution in [1.29, 1.82) is 0 Å². The van der Waals surface area contributed by atoms with Gasteiger partial charge in [0.2, 0.25) is 10.0 Å². The second-order valence-corrected chi connectivity index (χ2v) is 9.00. The van der Waals surface area contributed by atoms with E-state index in [1.165, 1.54) is 5.56 Å². The average Bonchev–Trinajstić information content (AvgIpc) is 2.75. The zero-order valence-electron chi connectivity index (χ0n) is 16.5. The van der Waals surface area contributed by atoms with Gasteiger partial charge in [0.1, 0.15) is 19.0 Å². The van der Waals surface area contributed by atoms with Gasteiger partial charge in [0.15, 0.2) is 11.5 Å². The third-order valence-electron chi connectivity index (χ3n) is 5.12. The minimum atomic E-state index is -3.55. The molecule has 2 heterocycles. The third-order valence-corrected chi connectivity index (χ3v) is 7.02. The van der Waals surface area contributed by atoms with Gasteiger partial charge in [-0.3, -0.25) is 4.90 Å². The van der Waals surface area contributed by atoms with Crippen molar-refractivity contribution in [3.05, 3.63) is 48.0 Å². The number of fused-ring (bicyclic) bond motifs is 1. The van der Waals surface area contributed by atoms with Crippen LogP contribution in [0.3, 0.4) is 0 Å². The van der Waals surface area contributed by atoms with E-state index < -0.39 is 10.0 Å². The van der Waals surface area contributed by atoms with Crippen LogP contribution in [0.25, 0.3) is 0 Å². The Bertz CT molecular complexity index is 938. The van der Waals surface area contributed by atoms with Crippen molar-refractivity contribution < 1.29 is 22.6 Å². The average molecular weight is 419 g/mol. The molecule has 0 saturated carbocycles. The predicted octanol–water partition coefficient (Wildman–Crippen LogP) is 2.36. The van der Waals surface area contributed by atoms with E-state index in [1.807, 2.05) is 19.1 Å². The second kappa shape index (κ2) is 8.61. The Morgan fingerprint density at radius 3 is 2.31 bits per heavy atom. The molecule has 2 aromatic carbocycles. The molecule has 1 saturated heterocycles. The number of hydrogen-bond donors (Lipinski definition) is 0. The highest BCUT2D eigenvalue weighted by atomic mass is 32.2. The number of ether oxygens (including phenoxy) is 3. The first-order chi connectivity index (χ1) is 14.1. The van der Waals surface area contributed by atoms with E-state index in [0.717, 1.165) is 12.3 Å². The van der Waals surface area contributed by atoms with E-state index >= 15 is 0 Å². The molecule has 0 amide bonds. The van der Waals surface area contributed by atoms with Crippen LogP contribution in [-0.4, -0.2) is 63.6 Å². The van der Waals surface area contributed by atoms with Gasteiger partial charge in [-0.15, -0.1) is 0 Å². The molecule has 0 aromatic heterocycles. The summed E-state index contributed by atoms with van der Waals surface area (Å²) in [7, 11) is -3.55. The Morgan fingerprint density at radius 2 is 1.62 bits per heavy atom. The highest BCUT2D eigenvalue weighted by Crippen LogP contribution is 2.33. The summed E-state index contributed by atoms with van der Waals surface area (Å²) < 4.78 is 44.1. The molecule has 0 radical (unpaired) electrons. The Balaban J connectivity index is 1.37. The van der Waals surface area contributed by atoms with Gasteiger partial charge < -0.3 is 14.2 Å². The van der Waals surface area contributed by atoms with Gasteiger partial charge in [0, 0.05) is 38.8 Å². The molecule has 2 aromatic rings. The minimum absolute atomic E-state index is 0.252. The fraction of sp³-hybridized carbons (Fsp3) is 0.429. The van der Waals surface area contributed by atoms with Crippen molar-refractivity contribution >= 4 is 10.0 Å². The van der Waals surface area contributed by atoms with Crippen molar-refractivity contribution in [2.75, 3.05) is 46.0 Å². The van der Waals surface area contributed by atoms with Crippen LogP contribution in [0.15, 0.2) is 47.4 Å². The Kier molecular flexibility index (Phi) is 5.94. The number of piperazine rings is 1. The molecule has 0 atom stereocenters.